The number of oxime groups is 1. The lowest BCUT2D eigenvalue weighted by molar-refractivity contribution is -0.120. The normalized spacial score (nSPS) is 10.3. The summed E-state index contributed by atoms with van der Waals surface area (Å²) in [6.45, 7) is -0.168. The second kappa shape index (κ2) is 8.43. The summed E-state index contributed by atoms with van der Waals surface area (Å²) >= 11 is 0. The van der Waals surface area contributed by atoms with E-state index >= 15 is 0 Å². The van der Waals surface area contributed by atoms with Gasteiger partial charge in [-0.3, -0.25) is 4.79 Å². The third-order valence-electron chi connectivity index (χ3n) is 2.94. The number of amides is 1. The molecule has 0 atom stereocenters. The topological polar surface area (TPSA) is 69.2 Å². The van der Waals surface area contributed by atoms with Crippen molar-refractivity contribution in [1.82, 2.24) is 0 Å². The highest BCUT2D eigenvalue weighted by molar-refractivity contribution is 5.91. The standard InChI is InChI=1S/C17H18N2O4/c1-21-15-9-8-13(10-16(15)22-2)11-18-23-12-17(20)19-14-6-4-3-5-7-14/h3-11H,12H2,1-2H3,(H,19,20). The maximum absolute atomic E-state index is 11.7. The van der Waals surface area contributed by atoms with Gasteiger partial charge in [0.2, 0.25) is 0 Å². The van der Waals surface area contributed by atoms with Gasteiger partial charge in [-0.1, -0.05) is 23.4 Å². The van der Waals surface area contributed by atoms with Crippen molar-refractivity contribution in [2.24, 2.45) is 5.16 Å². The van der Waals surface area contributed by atoms with E-state index in [1.165, 1.54) is 6.21 Å². The molecular weight excluding hydrogens is 296 g/mol. The van der Waals surface area contributed by atoms with Crippen LogP contribution in [0.4, 0.5) is 5.69 Å². The van der Waals surface area contributed by atoms with Gasteiger partial charge in [-0.05, 0) is 30.3 Å². The average molecular weight is 314 g/mol. The van der Waals surface area contributed by atoms with Crippen molar-refractivity contribution in [1.29, 1.82) is 0 Å². The molecule has 1 amide bonds. The molecule has 6 nitrogen and oxygen atoms in total. The van der Waals surface area contributed by atoms with E-state index in [1.807, 2.05) is 18.2 Å². The minimum absolute atomic E-state index is 0.168. The van der Waals surface area contributed by atoms with E-state index in [9.17, 15) is 4.79 Å². The van der Waals surface area contributed by atoms with Crippen molar-refractivity contribution in [2.75, 3.05) is 26.1 Å². The molecule has 0 saturated heterocycles. The predicted molar refractivity (Wildman–Crippen MR) is 88.2 cm³/mol. The molecule has 0 aromatic heterocycles. The number of hydrogen-bond donors (Lipinski definition) is 1. The molecule has 0 heterocycles. The summed E-state index contributed by atoms with van der Waals surface area (Å²) in [7, 11) is 3.13. The molecule has 0 radical (unpaired) electrons. The Balaban J connectivity index is 1.83. The molecule has 2 aromatic rings. The minimum atomic E-state index is -0.277. The molecular formula is C17H18N2O4. The lowest BCUT2D eigenvalue weighted by Gasteiger charge is -2.07. The number of rotatable bonds is 7. The van der Waals surface area contributed by atoms with Crippen LogP contribution in [0.1, 0.15) is 5.56 Å². The second-order valence-corrected chi connectivity index (χ2v) is 4.54. The summed E-state index contributed by atoms with van der Waals surface area (Å²) in [4.78, 5) is 16.6. The molecule has 0 aliphatic rings. The quantitative estimate of drug-likeness (QED) is 0.630. The van der Waals surface area contributed by atoms with E-state index < -0.39 is 0 Å². The van der Waals surface area contributed by atoms with Crippen LogP contribution in [0.5, 0.6) is 11.5 Å². The van der Waals surface area contributed by atoms with Crippen molar-refractivity contribution in [3.8, 4) is 11.5 Å². The second-order valence-electron chi connectivity index (χ2n) is 4.54. The molecule has 0 bridgehead atoms. The van der Waals surface area contributed by atoms with Crippen molar-refractivity contribution in [3.63, 3.8) is 0 Å². The van der Waals surface area contributed by atoms with Crippen LogP contribution in [-0.2, 0) is 9.63 Å². The predicted octanol–water partition coefficient (Wildman–Crippen LogP) is 2.69. The van der Waals surface area contributed by atoms with Gasteiger partial charge in [-0.15, -0.1) is 0 Å². The fourth-order valence-corrected chi connectivity index (χ4v) is 1.85. The zero-order chi connectivity index (χ0) is 16.5. The van der Waals surface area contributed by atoms with Crippen molar-refractivity contribution in [2.45, 2.75) is 0 Å². The fourth-order valence-electron chi connectivity index (χ4n) is 1.85. The van der Waals surface area contributed by atoms with Gasteiger partial charge in [0.1, 0.15) is 0 Å². The number of nitrogens with zero attached hydrogens (tertiary/aromatic N) is 1. The van der Waals surface area contributed by atoms with Gasteiger partial charge in [0.15, 0.2) is 18.1 Å². The Kier molecular flexibility index (Phi) is 5.99. The Labute approximate surface area is 134 Å². The van der Waals surface area contributed by atoms with Gasteiger partial charge in [0, 0.05) is 11.3 Å². The number of carbonyl (C=O) groups excluding carboxylic acids is 1. The van der Waals surface area contributed by atoms with Gasteiger partial charge in [-0.2, -0.15) is 0 Å². The maximum Gasteiger partial charge on any atom is 0.265 e. The minimum Gasteiger partial charge on any atom is -0.493 e. The number of nitrogens with one attached hydrogen (secondary N) is 1. The third-order valence-corrected chi connectivity index (χ3v) is 2.94. The summed E-state index contributed by atoms with van der Waals surface area (Å²) < 4.78 is 10.3. The molecule has 1 N–H and O–H groups in total. The van der Waals surface area contributed by atoms with Crippen LogP contribution in [0.3, 0.4) is 0 Å². The van der Waals surface area contributed by atoms with E-state index in [0.717, 1.165) is 5.56 Å². The molecule has 0 saturated carbocycles. The Hall–Kier alpha value is -3.02. The number of anilines is 1. The molecule has 0 unspecified atom stereocenters. The van der Waals surface area contributed by atoms with Gasteiger partial charge >= 0.3 is 0 Å². The fraction of sp³-hybridized carbons (Fsp3) is 0.176. The molecule has 120 valence electrons. The van der Waals surface area contributed by atoms with Gasteiger partial charge in [-0.25, -0.2) is 0 Å². The number of ether oxygens (including phenoxy) is 2. The van der Waals surface area contributed by atoms with Crippen LogP contribution < -0.4 is 14.8 Å². The largest absolute Gasteiger partial charge is 0.493 e. The Morgan fingerprint density at radius 3 is 2.52 bits per heavy atom. The van der Waals surface area contributed by atoms with Crippen molar-refractivity contribution >= 4 is 17.8 Å². The van der Waals surface area contributed by atoms with Crippen LogP contribution in [0, 0.1) is 0 Å². The Morgan fingerprint density at radius 2 is 1.83 bits per heavy atom. The summed E-state index contributed by atoms with van der Waals surface area (Å²) in [5.41, 5.74) is 1.48. The van der Waals surface area contributed by atoms with Gasteiger partial charge in [0.25, 0.3) is 5.91 Å². The highest BCUT2D eigenvalue weighted by Gasteiger charge is 2.04. The van der Waals surface area contributed by atoms with Gasteiger partial charge < -0.3 is 19.6 Å². The van der Waals surface area contributed by atoms with E-state index in [1.54, 1.807) is 44.6 Å². The SMILES string of the molecule is COc1ccc(C=NOCC(=O)Nc2ccccc2)cc1OC. The zero-order valence-electron chi connectivity index (χ0n) is 13.0. The van der Waals surface area contributed by atoms with Crippen LogP contribution in [-0.4, -0.2) is 32.9 Å². The lowest BCUT2D eigenvalue weighted by atomic mass is 10.2. The summed E-state index contributed by atoms with van der Waals surface area (Å²) in [5.74, 6) is 0.951. The van der Waals surface area contributed by atoms with Crippen LogP contribution in [0.15, 0.2) is 53.7 Å². The highest BCUT2D eigenvalue weighted by Crippen LogP contribution is 2.26. The van der Waals surface area contributed by atoms with Crippen LogP contribution in [0.25, 0.3) is 0 Å². The number of methoxy groups -OCH3 is 2. The van der Waals surface area contributed by atoms with E-state index in [0.29, 0.717) is 17.2 Å². The lowest BCUT2D eigenvalue weighted by Crippen LogP contribution is -2.16. The third kappa shape index (κ3) is 5.03. The van der Waals surface area contributed by atoms with E-state index in [-0.39, 0.29) is 12.5 Å². The zero-order valence-corrected chi connectivity index (χ0v) is 13.0. The first-order chi connectivity index (χ1) is 11.2. The summed E-state index contributed by atoms with van der Waals surface area (Å²) in [5, 5.41) is 6.47. The van der Waals surface area contributed by atoms with Crippen molar-refractivity contribution in [3.05, 3.63) is 54.1 Å². The van der Waals surface area contributed by atoms with E-state index in [4.69, 9.17) is 14.3 Å². The summed E-state index contributed by atoms with van der Waals surface area (Å²) in [6, 6.07) is 14.5. The highest BCUT2D eigenvalue weighted by atomic mass is 16.6. The average Bonchev–Trinajstić information content (AvgIpc) is 2.59. The first-order valence-electron chi connectivity index (χ1n) is 6.95. The summed E-state index contributed by atoms with van der Waals surface area (Å²) in [6.07, 6.45) is 1.50. The number of para-hydroxylation sites is 1. The first kappa shape index (κ1) is 16.4. The molecule has 2 rings (SSSR count). The monoisotopic (exact) mass is 314 g/mol. The van der Waals surface area contributed by atoms with Crippen LogP contribution >= 0.6 is 0 Å². The molecule has 0 spiro atoms. The van der Waals surface area contributed by atoms with E-state index in [2.05, 4.69) is 10.5 Å². The number of carbonyl (C=O) groups is 1. The van der Waals surface area contributed by atoms with Crippen molar-refractivity contribution < 1.29 is 19.1 Å². The molecule has 0 aliphatic heterocycles. The van der Waals surface area contributed by atoms with Gasteiger partial charge in [0.05, 0.1) is 20.4 Å². The van der Waals surface area contributed by atoms with Crippen LogP contribution in [0.2, 0.25) is 0 Å². The smallest absolute Gasteiger partial charge is 0.265 e. The molecule has 2 aromatic carbocycles. The number of hydrogen-bond acceptors (Lipinski definition) is 5. The molecule has 0 fully saturated rings. The first-order valence-corrected chi connectivity index (χ1v) is 6.95. The Morgan fingerprint density at radius 1 is 1.09 bits per heavy atom. The number of benzene rings is 2. The molecule has 6 heteroatoms. The Bertz CT molecular complexity index is 672. The molecule has 23 heavy (non-hydrogen) atoms. The molecule has 0 aliphatic carbocycles. The maximum atomic E-state index is 11.7.